The first-order valence-electron chi connectivity index (χ1n) is 44.0. The number of benzene rings is 6. The van der Waals surface area contributed by atoms with Crippen molar-refractivity contribution in [3.05, 3.63) is 182 Å². The summed E-state index contributed by atoms with van der Waals surface area (Å²) >= 11 is 0. The smallest absolute Gasteiger partial charge is 0.306 e. The van der Waals surface area contributed by atoms with E-state index in [4.69, 9.17) is 14.2 Å². The third-order valence-corrected chi connectivity index (χ3v) is 74.3. The van der Waals surface area contributed by atoms with Crippen molar-refractivity contribution in [3.8, 4) is 0 Å². The topological polar surface area (TPSA) is 71.6 Å². The highest BCUT2D eigenvalue weighted by Gasteiger charge is 2.53. The molecular formula is C100H169N3O5Si6. The van der Waals surface area contributed by atoms with Crippen molar-refractivity contribution in [1.29, 1.82) is 0 Å². The summed E-state index contributed by atoms with van der Waals surface area (Å²) in [6.07, 6.45) is 26.9. The lowest BCUT2D eigenvalue weighted by Gasteiger charge is -2.53. The molecule has 638 valence electrons. The van der Waals surface area contributed by atoms with E-state index in [-0.39, 0.29) is 90.7 Å². The Morgan fingerprint density at radius 3 is 0.895 bits per heavy atom. The molecule has 3 aliphatic rings. The molecule has 3 aliphatic heterocycles. The number of ether oxygens (including phenoxy) is 3. The number of carbonyl (C=O) groups excluding carboxylic acids is 2. The van der Waals surface area contributed by atoms with Gasteiger partial charge in [0.15, 0.2) is 0 Å². The molecule has 0 N–H and O–H groups in total. The van der Waals surface area contributed by atoms with Gasteiger partial charge in [-0.2, -0.15) is 0 Å². The first kappa shape index (κ1) is 102. The molecule has 0 aromatic heterocycles. The summed E-state index contributed by atoms with van der Waals surface area (Å²) < 4.78 is 19.8. The largest absolute Gasteiger partial charge is 0.462 e. The average Bonchev–Trinajstić information content (AvgIpc) is 0.757. The Hall–Kier alpha value is -4.60. The molecular weight excluding hydrogens is 1490 g/mol. The summed E-state index contributed by atoms with van der Waals surface area (Å²) in [4.78, 5) is 36.5. The zero-order valence-electron chi connectivity index (χ0n) is 74.5. The van der Waals surface area contributed by atoms with E-state index >= 15 is 0 Å². The maximum atomic E-state index is 14.5. The van der Waals surface area contributed by atoms with Gasteiger partial charge in [0.25, 0.3) is 0 Å². The van der Waals surface area contributed by atoms with Crippen molar-refractivity contribution in [2.45, 2.75) is 375 Å². The van der Waals surface area contributed by atoms with Crippen molar-refractivity contribution in [2.75, 3.05) is 27.7 Å². The van der Waals surface area contributed by atoms with Crippen LogP contribution in [-0.4, -0.2) is 154 Å². The van der Waals surface area contributed by atoms with Crippen LogP contribution in [0.4, 0.5) is 0 Å². The zero-order chi connectivity index (χ0) is 81.5. The van der Waals surface area contributed by atoms with E-state index in [0.717, 1.165) is 70.8 Å². The maximum Gasteiger partial charge on any atom is 0.306 e. The van der Waals surface area contributed by atoms with Crippen molar-refractivity contribution in [2.24, 2.45) is 0 Å². The Labute approximate surface area is 708 Å². The van der Waals surface area contributed by atoms with E-state index < -0.39 is 47.7 Å². The Balaban J connectivity index is 0.000000359. The number of piperidine rings is 3. The maximum absolute atomic E-state index is 14.5. The molecule has 0 saturated carbocycles. The van der Waals surface area contributed by atoms with Crippen LogP contribution in [0, 0.1) is 0 Å². The van der Waals surface area contributed by atoms with Crippen LogP contribution in [0.2, 0.25) is 56.4 Å². The first-order valence-corrected chi connectivity index (χ1v) is 62.5. The molecule has 0 bridgehead atoms. The van der Waals surface area contributed by atoms with Crippen LogP contribution in [0.15, 0.2) is 182 Å². The number of likely N-dealkylation sites (tertiary alicyclic amines) is 3. The molecule has 0 radical (unpaired) electrons. The van der Waals surface area contributed by atoms with E-state index in [1.54, 1.807) is 10.4 Å². The summed E-state index contributed by atoms with van der Waals surface area (Å²) in [5, 5.41) is 9.03. The SMILES string of the molecule is C.C.C.CCCCCCCCCC(C(=O)OC1CC(C)(C)N(C)C(C)(C)C1)[Si](C)(c1ccccc1)[SiH](C)c1ccccc1.CCCCCCCCCC(C(=O)OC1CC(C)(C)N(C)C(C)(C)C1)[Si](C)(c1ccccc1)[SiH](C)c1ccccc1.CN1C(C)(C)CC(OCCC[Si](C)(c2ccccc2)[SiH](C)c2ccccc2)CC1(C)C. The molecule has 0 amide bonds. The lowest BCUT2D eigenvalue weighted by Crippen LogP contribution is -2.66. The monoisotopic (exact) mass is 1660 g/mol. The Morgan fingerprint density at radius 2 is 0.605 bits per heavy atom. The molecule has 6 aromatic rings. The van der Waals surface area contributed by atoms with Gasteiger partial charge in [0.1, 0.15) is 12.2 Å². The molecule has 0 spiro atoms. The fraction of sp³-hybridized carbons (Fsp3) is 0.620. The number of carbonyl (C=O) groups is 2. The van der Waals surface area contributed by atoms with Crippen LogP contribution < -0.4 is 31.1 Å². The Bertz CT molecular complexity index is 3440. The number of hydrogen-bond donors (Lipinski definition) is 0. The predicted molar refractivity (Wildman–Crippen MR) is 518 cm³/mol. The molecule has 3 heterocycles. The minimum absolute atomic E-state index is 0. The van der Waals surface area contributed by atoms with Crippen LogP contribution in [0.3, 0.4) is 0 Å². The Morgan fingerprint density at radius 1 is 0.360 bits per heavy atom. The fourth-order valence-corrected chi connectivity index (χ4v) is 56.9. The molecule has 6 aromatic carbocycles. The minimum atomic E-state index is -2.26. The molecule has 3 fully saturated rings. The summed E-state index contributed by atoms with van der Waals surface area (Å²) in [6.45, 7) is 48.4. The molecule has 9 rings (SSSR count). The van der Waals surface area contributed by atoms with E-state index in [1.807, 2.05) is 0 Å². The minimum Gasteiger partial charge on any atom is -0.462 e. The second-order valence-electron chi connectivity index (χ2n) is 38.9. The fourth-order valence-electron chi connectivity index (χ4n) is 20.1. The van der Waals surface area contributed by atoms with Crippen molar-refractivity contribution >= 4 is 90.8 Å². The van der Waals surface area contributed by atoms with Crippen molar-refractivity contribution < 1.29 is 23.8 Å². The van der Waals surface area contributed by atoms with E-state index in [2.05, 4.69) is 354 Å². The van der Waals surface area contributed by atoms with Gasteiger partial charge in [0, 0.05) is 65.5 Å². The van der Waals surface area contributed by atoms with Crippen molar-refractivity contribution in [1.82, 2.24) is 14.7 Å². The van der Waals surface area contributed by atoms with Gasteiger partial charge in [-0.3, -0.25) is 24.3 Å². The molecule has 8 nitrogen and oxygen atoms in total. The summed E-state index contributed by atoms with van der Waals surface area (Å²) in [5.41, 5.74) is 0.319. The molecule has 8 atom stereocenters. The summed E-state index contributed by atoms with van der Waals surface area (Å²) in [7, 11) is -3.45. The van der Waals surface area contributed by atoms with Gasteiger partial charge in [-0.15, -0.1) is 0 Å². The number of hydrogen-bond acceptors (Lipinski definition) is 8. The van der Waals surface area contributed by atoms with Gasteiger partial charge >= 0.3 is 11.9 Å². The van der Waals surface area contributed by atoms with Gasteiger partial charge in [-0.05, 0) is 136 Å². The standard InChI is InChI=1S/2C35H57NO2Si2.C27H43NOSi2.3CH4/c2*1-9-10-11-12-13-14-21-26-32(33(37)38-29-27-34(2,3)36(6)35(4,5)28-29)40(8,31-24-19-16-20-25-31)39(7)30-22-17-15-18-23-30;1-26(2)21-23(22-27(3,4)28(26)5)29-19-14-20-31(7,25-17-12-9-13-18-25)30(6)24-15-10-8-11-16-24;;;/h2*15-20,22-25,29,32,39H,9-14,21,26-28H2,1-8H3;8-13,15-18,23,30H,14,19-22H2,1-7H3;3*1H4. The van der Waals surface area contributed by atoms with Gasteiger partial charge in [0.2, 0.25) is 0 Å². The highest BCUT2D eigenvalue weighted by Crippen LogP contribution is 2.44. The van der Waals surface area contributed by atoms with Crippen LogP contribution >= 0.6 is 0 Å². The Kier molecular flexibility index (Phi) is 41.3. The molecule has 3 saturated heterocycles. The lowest BCUT2D eigenvalue weighted by atomic mass is 9.78. The quantitative estimate of drug-likeness (QED) is 0.0219. The van der Waals surface area contributed by atoms with Gasteiger partial charge in [-0.25, -0.2) is 0 Å². The van der Waals surface area contributed by atoms with Crippen molar-refractivity contribution in [3.63, 3.8) is 0 Å². The summed E-state index contributed by atoms with van der Waals surface area (Å²) in [6, 6.07) is 68.3. The molecule has 14 heteroatoms. The third-order valence-electron chi connectivity index (χ3n) is 28.7. The second kappa shape index (κ2) is 46.3. The number of unbranched alkanes of at least 4 members (excludes halogenated alkanes) is 12. The number of esters is 2. The number of rotatable bonds is 36. The van der Waals surface area contributed by atoms with Crippen LogP contribution in [0.1, 0.15) is 267 Å². The average molecular weight is 1660 g/mol. The molecule has 0 aliphatic carbocycles. The lowest BCUT2D eigenvalue weighted by molar-refractivity contribution is -0.160. The van der Waals surface area contributed by atoms with Gasteiger partial charge in [-0.1, -0.05) is 384 Å². The van der Waals surface area contributed by atoms with E-state index in [1.165, 1.54) is 110 Å². The first-order chi connectivity index (χ1) is 52.4. The summed E-state index contributed by atoms with van der Waals surface area (Å²) in [5.74, 6) is 0.167. The van der Waals surface area contributed by atoms with Gasteiger partial charge < -0.3 is 14.2 Å². The highest BCUT2D eigenvalue weighted by atomic mass is 29.2. The second-order valence-corrected chi connectivity index (χ2v) is 75.6. The molecule has 8 unspecified atom stereocenters. The van der Waals surface area contributed by atoms with Gasteiger partial charge in [0.05, 0.1) is 64.9 Å². The molecule has 114 heavy (non-hydrogen) atoms. The van der Waals surface area contributed by atoms with Crippen LogP contribution in [0.5, 0.6) is 0 Å². The van der Waals surface area contributed by atoms with Crippen LogP contribution in [0.25, 0.3) is 0 Å². The van der Waals surface area contributed by atoms with Crippen LogP contribution in [-0.2, 0) is 23.8 Å². The predicted octanol–water partition coefficient (Wildman–Crippen LogP) is 21.8. The third kappa shape index (κ3) is 27.2. The van der Waals surface area contributed by atoms with E-state index in [9.17, 15) is 9.59 Å². The van der Waals surface area contributed by atoms with E-state index in [0.29, 0.717) is 6.10 Å². The normalized spacial score (nSPS) is 20.3. The number of nitrogens with zero attached hydrogens (tertiary/aromatic N) is 3. The zero-order valence-corrected chi connectivity index (χ0v) is 81.0. The highest BCUT2D eigenvalue weighted by molar-refractivity contribution is 7.44.